The number of pyridine rings is 1. The molecule has 0 aliphatic carbocycles. The molecule has 0 atom stereocenters. The number of nitriles is 1. The van der Waals surface area contributed by atoms with Gasteiger partial charge in [0, 0.05) is 17.3 Å². The van der Waals surface area contributed by atoms with E-state index in [1.807, 2.05) is 6.07 Å². The molecular formula is C16H10ClN3O2S. The summed E-state index contributed by atoms with van der Waals surface area (Å²) in [6.07, 6.45) is 1.55. The molecule has 0 spiro atoms. The van der Waals surface area contributed by atoms with Gasteiger partial charge in [0.2, 0.25) is 0 Å². The van der Waals surface area contributed by atoms with Crippen LogP contribution in [-0.2, 0) is 10.0 Å². The van der Waals surface area contributed by atoms with Gasteiger partial charge in [0.1, 0.15) is 0 Å². The van der Waals surface area contributed by atoms with E-state index in [0.29, 0.717) is 27.2 Å². The Kier molecular flexibility index (Phi) is 3.90. The van der Waals surface area contributed by atoms with E-state index in [1.54, 1.807) is 30.5 Å². The molecule has 0 saturated carbocycles. The molecule has 0 saturated heterocycles. The van der Waals surface area contributed by atoms with Gasteiger partial charge in [-0.25, -0.2) is 8.42 Å². The lowest BCUT2D eigenvalue weighted by Gasteiger charge is -2.11. The SMILES string of the molecule is N#Cc1ccc(NS(=O)(=O)c2ccc(Cl)c3ncccc23)cc1. The zero-order valence-corrected chi connectivity index (χ0v) is 13.3. The second-order valence-corrected chi connectivity index (χ2v) is 6.80. The van der Waals surface area contributed by atoms with Crippen LogP contribution in [0.25, 0.3) is 10.9 Å². The summed E-state index contributed by atoms with van der Waals surface area (Å²) in [5.74, 6) is 0. The number of fused-ring (bicyclic) bond motifs is 1. The highest BCUT2D eigenvalue weighted by Crippen LogP contribution is 2.28. The van der Waals surface area contributed by atoms with E-state index in [0.717, 1.165) is 0 Å². The maximum Gasteiger partial charge on any atom is 0.262 e. The van der Waals surface area contributed by atoms with Gasteiger partial charge in [-0.2, -0.15) is 5.26 Å². The smallest absolute Gasteiger partial charge is 0.262 e. The van der Waals surface area contributed by atoms with E-state index >= 15 is 0 Å². The summed E-state index contributed by atoms with van der Waals surface area (Å²) in [7, 11) is -3.81. The van der Waals surface area contributed by atoms with E-state index < -0.39 is 10.0 Å². The van der Waals surface area contributed by atoms with Crippen molar-refractivity contribution in [2.75, 3.05) is 4.72 Å². The number of hydrogen-bond acceptors (Lipinski definition) is 4. The molecule has 2 aromatic carbocycles. The third kappa shape index (κ3) is 2.97. The van der Waals surface area contributed by atoms with E-state index in [9.17, 15) is 8.42 Å². The Morgan fingerprint density at radius 2 is 1.83 bits per heavy atom. The first-order chi connectivity index (χ1) is 11.0. The molecule has 0 amide bonds. The number of nitrogens with zero attached hydrogens (tertiary/aromatic N) is 2. The zero-order chi connectivity index (χ0) is 16.4. The fourth-order valence-corrected chi connectivity index (χ4v) is 3.64. The van der Waals surface area contributed by atoms with Crippen molar-refractivity contribution in [3.63, 3.8) is 0 Å². The third-order valence-electron chi connectivity index (χ3n) is 3.24. The van der Waals surface area contributed by atoms with E-state index in [2.05, 4.69) is 9.71 Å². The molecule has 7 heteroatoms. The van der Waals surface area contributed by atoms with Crippen LogP contribution in [0, 0.1) is 11.3 Å². The van der Waals surface area contributed by atoms with E-state index in [4.69, 9.17) is 16.9 Å². The molecular weight excluding hydrogens is 334 g/mol. The van der Waals surface area contributed by atoms with Crippen molar-refractivity contribution in [2.45, 2.75) is 4.90 Å². The lowest BCUT2D eigenvalue weighted by atomic mass is 10.2. The molecule has 0 unspecified atom stereocenters. The van der Waals surface area contributed by atoms with Crippen LogP contribution in [0.4, 0.5) is 5.69 Å². The summed E-state index contributed by atoms with van der Waals surface area (Å²) in [6, 6.07) is 14.4. The van der Waals surface area contributed by atoms with Gasteiger partial charge in [0.05, 0.1) is 27.1 Å². The number of aromatic nitrogens is 1. The Balaban J connectivity index is 2.06. The standard InChI is InChI=1S/C16H10ClN3O2S/c17-14-7-8-15(13-2-1-9-19-16(13)14)23(21,22)20-12-5-3-11(10-18)4-6-12/h1-9,20H. The molecule has 0 bridgehead atoms. The Morgan fingerprint density at radius 3 is 2.52 bits per heavy atom. The second-order valence-electron chi connectivity index (χ2n) is 4.74. The fourth-order valence-electron chi connectivity index (χ4n) is 2.17. The first-order valence-electron chi connectivity index (χ1n) is 6.57. The largest absolute Gasteiger partial charge is 0.280 e. The summed E-state index contributed by atoms with van der Waals surface area (Å²) in [5.41, 5.74) is 1.25. The molecule has 0 radical (unpaired) electrons. The van der Waals surface area contributed by atoms with Crippen molar-refractivity contribution in [1.29, 1.82) is 5.26 Å². The van der Waals surface area contributed by atoms with Crippen LogP contribution in [-0.4, -0.2) is 13.4 Å². The number of rotatable bonds is 3. The van der Waals surface area contributed by atoms with Crippen molar-refractivity contribution in [1.82, 2.24) is 4.98 Å². The highest BCUT2D eigenvalue weighted by atomic mass is 35.5. The Labute approximate surface area is 138 Å². The second kappa shape index (κ2) is 5.88. The topological polar surface area (TPSA) is 82.9 Å². The average Bonchev–Trinajstić information content (AvgIpc) is 2.55. The first-order valence-corrected chi connectivity index (χ1v) is 8.43. The van der Waals surface area contributed by atoms with Crippen molar-refractivity contribution < 1.29 is 8.42 Å². The summed E-state index contributed by atoms with van der Waals surface area (Å²) >= 11 is 6.06. The Bertz CT molecular complexity index is 1030. The van der Waals surface area contributed by atoms with Gasteiger partial charge in [-0.05, 0) is 48.5 Å². The number of halogens is 1. The van der Waals surface area contributed by atoms with Crippen LogP contribution in [0.2, 0.25) is 5.02 Å². The Morgan fingerprint density at radius 1 is 1.09 bits per heavy atom. The molecule has 1 heterocycles. The minimum absolute atomic E-state index is 0.0920. The van der Waals surface area contributed by atoms with Gasteiger partial charge in [0.25, 0.3) is 10.0 Å². The summed E-state index contributed by atoms with van der Waals surface area (Å²) in [4.78, 5) is 4.22. The van der Waals surface area contributed by atoms with Crippen LogP contribution in [0.5, 0.6) is 0 Å². The highest BCUT2D eigenvalue weighted by Gasteiger charge is 2.19. The average molecular weight is 344 g/mol. The molecule has 114 valence electrons. The lowest BCUT2D eigenvalue weighted by Crippen LogP contribution is -2.13. The molecule has 23 heavy (non-hydrogen) atoms. The van der Waals surface area contributed by atoms with Crippen LogP contribution in [0.15, 0.2) is 59.6 Å². The maximum absolute atomic E-state index is 12.6. The number of sulfonamides is 1. The molecule has 3 aromatic rings. The molecule has 5 nitrogen and oxygen atoms in total. The van der Waals surface area contributed by atoms with Crippen LogP contribution >= 0.6 is 11.6 Å². The van der Waals surface area contributed by atoms with Crippen molar-refractivity contribution in [2.24, 2.45) is 0 Å². The number of anilines is 1. The number of benzene rings is 2. The third-order valence-corrected chi connectivity index (χ3v) is 4.98. The van der Waals surface area contributed by atoms with Crippen LogP contribution in [0.1, 0.15) is 5.56 Å². The quantitative estimate of drug-likeness (QED) is 0.788. The molecule has 3 rings (SSSR count). The number of hydrogen-bond donors (Lipinski definition) is 1. The minimum Gasteiger partial charge on any atom is -0.280 e. The number of nitrogens with one attached hydrogen (secondary N) is 1. The maximum atomic E-state index is 12.6. The van der Waals surface area contributed by atoms with E-state index in [1.165, 1.54) is 24.3 Å². The first kappa shape index (κ1) is 15.3. The lowest BCUT2D eigenvalue weighted by molar-refractivity contribution is 0.602. The van der Waals surface area contributed by atoms with Crippen molar-refractivity contribution in [3.05, 3.63) is 65.3 Å². The fraction of sp³-hybridized carbons (Fsp3) is 0. The summed E-state index contributed by atoms with van der Waals surface area (Å²) < 4.78 is 27.8. The monoisotopic (exact) mass is 343 g/mol. The van der Waals surface area contributed by atoms with Crippen molar-refractivity contribution >= 4 is 38.2 Å². The minimum atomic E-state index is -3.81. The summed E-state index contributed by atoms with van der Waals surface area (Å²) in [5, 5.41) is 9.61. The zero-order valence-electron chi connectivity index (χ0n) is 11.7. The van der Waals surface area contributed by atoms with Crippen molar-refractivity contribution in [3.8, 4) is 6.07 Å². The van der Waals surface area contributed by atoms with Gasteiger partial charge >= 0.3 is 0 Å². The Hall–Kier alpha value is -2.62. The summed E-state index contributed by atoms with van der Waals surface area (Å²) in [6.45, 7) is 0. The molecule has 0 fully saturated rings. The van der Waals surface area contributed by atoms with Gasteiger partial charge in [-0.3, -0.25) is 9.71 Å². The van der Waals surface area contributed by atoms with Crippen LogP contribution < -0.4 is 4.72 Å². The van der Waals surface area contributed by atoms with Gasteiger partial charge in [-0.15, -0.1) is 0 Å². The van der Waals surface area contributed by atoms with Gasteiger partial charge < -0.3 is 0 Å². The predicted octanol–water partition coefficient (Wildman–Crippen LogP) is 3.56. The van der Waals surface area contributed by atoms with Crippen LogP contribution in [0.3, 0.4) is 0 Å². The normalized spacial score (nSPS) is 11.1. The highest BCUT2D eigenvalue weighted by molar-refractivity contribution is 7.93. The molecule has 1 aromatic heterocycles. The molecule has 0 aliphatic rings. The van der Waals surface area contributed by atoms with Gasteiger partial charge in [0.15, 0.2) is 0 Å². The van der Waals surface area contributed by atoms with Gasteiger partial charge in [-0.1, -0.05) is 11.6 Å². The van der Waals surface area contributed by atoms with E-state index in [-0.39, 0.29) is 4.90 Å². The molecule has 0 aliphatic heterocycles. The predicted molar refractivity (Wildman–Crippen MR) is 88.7 cm³/mol. The molecule has 1 N–H and O–H groups in total.